The summed E-state index contributed by atoms with van der Waals surface area (Å²) in [6.45, 7) is 0. The fourth-order valence-electron chi connectivity index (χ4n) is 3.02. The van der Waals surface area contributed by atoms with Crippen molar-refractivity contribution < 1.29 is 14.7 Å². The van der Waals surface area contributed by atoms with Crippen molar-refractivity contribution in [2.24, 2.45) is 17.8 Å². The summed E-state index contributed by atoms with van der Waals surface area (Å²) in [7, 11) is 0. The van der Waals surface area contributed by atoms with Gasteiger partial charge in [0.25, 0.3) is 0 Å². The Kier molecular flexibility index (Phi) is 2.69. The van der Waals surface area contributed by atoms with Crippen molar-refractivity contribution in [1.29, 1.82) is 0 Å². The van der Waals surface area contributed by atoms with Crippen molar-refractivity contribution in [3.05, 3.63) is 23.8 Å². The molecule has 0 aliphatic heterocycles. The lowest BCUT2D eigenvalue weighted by molar-refractivity contribution is -0.120. The van der Waals surface area contributed by atoms with Crippen LogP contribution in [0.5, 0.6) is 0 Å². The molecule has 2 atom stereocenters. The number of nitrogens with two attached hydrogens (primary N) is 1. The van der Waals surface area contributed by atoms with Crippen LogP contribution in [0, 0.1) is 17.8 Å². The predicted octanol–water partition coefficient (Wildman–Crippen LogP) is 1.95. The minimum atomic E-state index is -1.07. The average Bonchev–Trinajstić information content (AvgIpc) is 2.95. The number of carbonyl (C=O) groups excluding carboxylic acids is 1. The molecule has 1 aromatic carbocycles. The summed E-state index contributed by atoms with van der Waals surface area (Å²) in [5.41, 5.74) is 6.45. The van der Waals surface area contributed by atoms with Crippen LogP contribution in [0.4, 0.5) is 11.4 Å². The van der Waals surface area contributed by atoms with Crippen LogP contribution in [0.2, 0.25) is 0 Å². The Morgan fingerprint density at radius 1 is 1.21 bits per heavy atom. The van der Waals surface area contributed by atoms with Gasteiger partial charge < -0.3 is 16.2 Å². The molecule has 100 valence electrons. The molecule has 3 rings (SSSR count). The number of anilines is 2. The maximum Gasteiger partial charge on any atom is 0.337 e. The second-order valence-corrected chi connectivity index (χ2v) is 5.52. The van der Waals surface area contributed by atoms with Gasteiger partial charge in [-0.15, -0.1) is 0 Å². The van der Waals surface area contributed by atoms with E-state index < -0.39 is 5.97 Å². The van der Waals surface area contributed by atoms with Gasteiger partial charge in [-0.05, 0) is 49.3 Å². The van der Waals surface area contributed by atoms with Gasteiger partial charge in [-0.3, -0.25) is 4.79 Å². The Hall–Kier alpha value is -2.04. The molecule has 5 heteroatoms. The van der Waals surface area contributed by atoms with E-state index in [-0.39, 0.29) is 23.1 Å². The van der Waals surface area contributed by atoms with Crippen LogP contribution in [0.3, 0.4) is 0 Å². The highest BCUT2D eigenvalue weighted by Gasteiger charge is 2.48. The molecule has 0 saturated heterocycles. The number of nitrogens with one attached hydrogen (secondary N) is 1. The summed E-state index contributed by atoms with van der Waals surface area (Å²) in [5.74, 6) is 0.308. The number of nitrogen functional groups attached to an aromatic ring is 1. The molecule has 2 unspecified atom stereocenters. The van der Waals surface area contributed by atoms with E-state index in [1.165, 1.54) is 24.6 Å². The third kappa shape index (κ3) is 2.28. The molecular weight excluding hydrogens is 244 g/mol. The van der Waals surface area contributed by atoms with Crippen LogP contribution in [0.25, 0.3) is 0 Å². The summed E-state index contributed by atoms with van der Waals surface area (Å²) in [4.78, 5) is 23.2. The minimum Gasteiger partial charge on any atom is -0.478 e. The summed E-state index contributed by atoms with van der Waals surface area (Å²) < 4.78 is 0. The van der Waals surface area contributed by atoms with Crippen LogP contribution in [-0.4, -0.2) is 17.0 Å². The van der Waals surface area contributed by atoms with Crippen LogP contribution < -0.4 is 11.1 Å². The number of fused-ring (bicyclic) bond motifs is 1. The van der Waals surface area contributed by atoms with E-state index in [0.717, 1.165) is 24.7 Å². The lowest BCUT2D eigenvalue weighted by Crippen LogP contribution is -2.23. The quantitative estimate of drug-likeness (QED) is 0.724. The van der Waals surface area contributed by atoms with E-state index in [0.29, 0.717) is 5.69 Å². The molecule has 4 N–H and O–H groups in total. The smallest absolute Gasteiger partial charge is 0.337 e. The SMILES string of the molecule is Nc1ccc(C(=O)O)c(NC(=O)C2CC3CC3C2)c1. The summed E-state index contributed by atoms with van der Waals surface area (Å²) in [5, 5.41) is 11.8. The van der Waals surface area contributed by atoms with Crippen molar-refractivity contribution in [3.8, 4) is 0 Å². The first-order chi connectivity index (χ1) is 9.04. The Balaban J connectivity index is 1.76. The molecule has 1 amide bonds. The Labute approximate surface area is 110 Å². The molecule has 0 heterocycles. The first kappa shape index (κ1) is 12.0. The van der Waals surface area contributed by atoms with Crippen LogP contribution >= 0.6 is 0 Å². The number of amides is 1. The molecule has 1 aromatic rings. The Morgan fingerprint density at radius 3 is 2.53 bits per heavy atom. The first-order valence-corrected chi connectivity index (χ1v) is 6.48. The normalized spacial score (nSPS) is 27.7. The second-order valence-electron chi connectivity index (χ2n) is 5.52. The molecule has 2 fully saturated rings. The van der Waals surface area contributed by atoms with Crippen molar-refractivity contribution in [2.75, 3.05) is 11.1 Å². The topological polar surface area (TPSA) is 92.4 Å². The van der Waals surface area contributed by atoms with Gasteiger partial charge >= 0.3 is 5.97 Å². The van der Waals surface area contributed by atoms with Crippen molar-refractivity contribution >= 4 is 23.3 Å². The fraction of sp³-hybridized carbons (Fsp3) is 0.429. The number of carbonyl (C=O) groups is 2. The Morgan fingerprint density at radius 2 is 1.89 bits per heavy atom. The maximum atomic E-state index is 12.1. The third-order valence-corrected chi connectivity index (χ3v) is 4.15. The van der Waals surface area contributed by atoms with E-state index >= 15 is 0 Å². The average molecular weight is 260 g/mol. The molecule has 0 spiro atoms. The minimum absolute atomic E-state index is 0.0202. The number of hydrogen-bond donors (Lipinski definition) is 3. The number of carboxylic acids is 1. The molecule has 2 aliphatic carbocycles. The lowest BCUT2D eigenvalue weighted by atomic mass is 10.0. The molecule has 19 heavy (non-hydrogen) atoms. The van der Waals surface area contributed by atoms with Gasteiger partial charge in [-0.2, -0.15) is 0 Å². The monoisotopic (exact) mass is 260 g/mol. The van der Waals surface area contributed by atoms with E-state index in [9.17, 15) is 9.59 Å². The van der Waals surface area contributed by atoms with Gasteiger partial charge in [0.1, 0.15) is 0 Å². The van der Waals surface area contributed by atoms with E-state index in [1.54, 1.807) is 0 Å². The van der Waals surface area contributed by atoms with Gasteiger partial charge in [-0.1, -0.05) is 0 Å². The van der Waals surface area contributed by atoms with Gasteiger partial charge in [0, 0.05) is 11.6 Å². The maximum absolute atomic E-state index is 12.1. The largest absolute Gasteiger partial charge is 0.478 e. The van der Waals surface area contributed by atoms with Crippen LogP contribution in [0.15, 0.2) is 18.2 Å². The van der Waals surface area contributed by atoms with Crippen molar-refractivity contribution in [3.63, 3.8) is 0 Å². The third-order valence-electron chi connectivity index (χ3n) is 4.15. The van der Waals surface area contributed by atoms with Crippen molar-refractivity contribution in [2.45, 2.75) is 19.3 Å². The summed E-state index contributed by atoms with van der Waals surface area (Å²) in [6.07, 6.45) is 3.12. The number of hydrogen-bond acceptors (Lipinski definition) is 3. The first-order valence-electron chi connectivity index (χ1n) is 6.48. The molecule has 2 aliphatic rings. The van der Waals surface area contributed by atoms with Crippen molar-refractivity contribution in [1.82, 2.24) is 0 Å². The zero-order chi connectivity index (χ0) is 13.6. The molecule has 5 nitrogen and oxygen atoms in total. The highest BCUT2D eigenvalue weighted by molar-refractivity contribution is 6.01. The zero-order valence-corrected chi connectivity index (χ0v) is 10.4. The molecular formula is C14H16N2O3. The zero-order valence-electron chi connectivity index (χ0n) is 10.4. The van der Waals surface area contributed by atoms with Gasteiger partial charge in [-0.25, -0.2) is 4.79 Å². The lowest BCUT2D eigenvalue weighted by Gasteiger charge is -2.14. The summed E-state index contributed by atoms with van der Waals surface area (Å²) in [6, 6.07) is 4.43. The number of rotatable bonds is 3. The van der Waals surface area contributed by atoms with Gasteiger partial charge in [0.05, 0.1) is 11.3 Å². The highest BCUT2D eigenvalue weighted by atomic mass is 16.4. The van der Waals surface area contributed by atoms with E-state index in [1.807, 2.05) is 0 Å². The van der Waals surface area contributed by atoms with Crippen LogP contribution in [-0.2, 0) is 4.79 Å². The summed E-state index contributed by atoms with van der Waals surface area (Å²) >= 11 is 0. The van der Waals surface area contributed by atoms with Gasteiger partial charge in [0.2, 0.25) is 5.91 Å². The van der Waals surface area contributed by atoms with E-state index in [4.69, 9.17) is 10.8 Å². The predicted molar refractivity (Wildman–Crippen MR) is 70.8 cm³/mol. The fourth-order valence-corrected chi connectivity index (χ4v) is 3.02. The highest BCUT2D eigenvalue weighted by Crippen LogP contribution is 2.54. The van der Waals surface area contributed by atoms with Crippen LogP contribution in [0.1, 0.15) is 29.6 Å². The second kappa shape index (κ2) is 4.26. The number of carboxylic acid groups (broad SMARTS) is 1. The number of benzene rings is 1. The van der Waals surface area contributed by atoms with E-state index in [2.05, 4.69) is 5.32 Å². The molecule has 2 saturated carbocycles. The van der Waals surface area contributed by atoms with Gasteiger partial charge in [0.15, 0.2) is 0 Å². The Bertz CT molecular complexity index is 546. The standard InChI is InChI=1S/C14H16N2O3/c15-10-1-2-11(14(18)19)12(6-10)16-13(17)9-4-7-3-8(7)5-9/h1-2,6-9H,3-5,15H2,(H,16,17)(H,18,19). The molecule has 0 bridgehead atoms. The number of aromatic carboxylic acids is 1. The molecule has 0 aromatic heterocycles. The molecule has 0 radical (unpaired) electrons.